The van der Waals surface area contributed by atoms with Crippen LogP contribution >= 0.6 is 22.6 Å². The van der Waals surface area contributed by atoms with Gasteiger partial charge in [0, 0.05) is 3.57 Å². The molecule has 0 aromatic heterocycles. The smallest absolute Gasteiger partial charge is 0.252 e. The number of rotatable bonds is 5. The van der Waals surface area contributed by atoms with Gasteiger partial charge in [-0.05, 0) is 47.2 Å². The van der Waals surface area contributed by atoms with Crippen molar-refractivity contribution in [2.75, 3.05) is 14.2 Å². The molecule has 4 nitrogen and oxygen atoms in total. The molecule has 0 fully saturated rings. The van der Waals surface area contributed by atoms with Gasteiger partial charge in [-0.15, -0.1) is 0 Å². The van der Waals surface area contributed by atoms with Crippen LogP contribution in [0.1, 0.15) is 28.9 Å². The lowest BCUT2D eigenvalue weighted by molar-refractivity contribution is 0.0938. The van der Waals surface area contributed by atoms with E-state index < -0.39 is 0 Å². The molecule has 1 atom stereocenters. The third kappa shape index (κ3) is 3.71. The maximum absolute atomic E-state index is 12.5. The molecule has 22 heavy (non-hydrogen) atoms. The van der Waals surface area contributed by atoms with E-state index in [1.165, 1.54) is 0 Å². The second-order valence-electron chi connectivity index (χ2n) is 4.79. The number of hydrogen-bond acceptors (Lipinski definition) is 3. The van der Waals surface area contributed by atoms with Crippen LogP contribution in [0.25, 0.3) is 0 Å². The number of hydrogen-bond donors (Lipinski definition) is 1. The van der Waals surface area contributed by atoms with E-state index in [1.54, 1.807) is 26.4 Å². The zero-order valence-corrected chi connectivity index (χ0v) is 14.9. The first kappa shape index (κ1) is 16.6. The van der Waals surface area contributed by atoms with Gasteiger partial charge >= 0.3 is 0 Å². The van der Waals surface area contributed by atoms with Crippen molar-refractivity contribution in [3.05, 3.63) is 57.2 Å². The second kappa shape index (κ2) is 7.49. The predicted octanol–water partition coefficient (Wildman–Crippen LogP) is 3.80. The van der Waals surface area contributed by atoms with E-state index in [2.05, 4.69) is 27.9 Å². The highest BCUT2D eigenvalue weighted by molar-refractivity contribution is 14.1. The molecule has 2 rings (SSSR count). The average molecular weight is 411 g/mol. The van der Waals surface area contributed by atoms with Gasteiger partial charge in [-0.1, -0.05) is 30.3 Å². The van der Waals surface area contributed by atoms with Gasteiger partial charge in [-0.2, -0.15) is 0 Å². The van der Waals surface area contributed by atoms with Crippen LogP contribution in [0.2, 0.25) is 0 Å². The molecule has 0 heterocycles. The van der Waals surface area contributed by atoms with Gasteiger partial charge < -0.3 is 14.8 Å². The molecule has 2 aromatic carbocycles. The molecule has 0 aliphatic rings. The highest BCUT2D eigenvalue weighted by atomic mass is 127. The SMILES string of the molecule is COc1cc(I)c(C(=O)NC(C)c2ccccc2)cc1OC. The number of carbonyl (C=O) groups is 1. The minimum Gasteiger partial charge on any atom is -0.493 e. The second-order valence-corrected chi connectivity index (χ2v) is 5.96. The third-order valence-corrected chi connectivity index (χ3v) is 4.26. The Morgan fingerprint density at radius 2 is 1.68 bits per heavy atom. The zero-order valence-electron chi connectivity index (χ0n) is 12.7. The molecular weight excluding hydrogens is 393 g/mol. The molecule has 116 valence electrons. The molecule has 0 radical (unpaired) electrons. The molecule has 0 spiro atoms. The Balaban J connectivity index is 2.22. The minimum atomic E-state index is -0.137. The normalized spacial score (nSPS) is 11.6. The van der Waals surface area contributed by atoms with Gasteiger partial charge in [0.15, 0.2) is 11.5 Å². The van der Waals surface area contributed by atoms with E-state index in [4.69, 9.17) is 9.47 Å². The van der Waals surface area contributed by atoms with E-state index in [1.807, 2.05) is 37.3 Å². The first-order valence-corrected chi connectivity index (χ1v) is 7.92. The molecule has 2 aromatic rings. The van der Waals surface area contributed by atoms with E-state index in [-0.39, 0.29) is 11.9 Å². The van der Waals surface area contributed by atoms with Crippen LogP contribution in [0.15, 0.2) is 42.5 Å². The number of amides is 1. The van der Waals surface area contributed by atoms with Crippen molar-refractivity contribution in [3.63, 3.8) is 0 Å². The van der Waals surface area contributed by atoms with Crippen molar-refractivity contribution in [3.8, 4) is 11.5 Å². The van der Waals surface area contributed by atoms with Gasteiger partial charge in [0.25, 0.3) is 5.91 Å². The molecule has 0 saturated heterocycles. The lowest BCUT2D eigenvalue weighted by Gasteiger charge is -2.16. The quantitative estimate of drug-likeness (QED) is 0.762. The number of ether oxygens (including phenoxy) is 2. The van der Waals surface area contributed by atoms with Gasteiger partial charge in [-0.3, -0.25) is 4.79 Å². The summed E-state index contributed by atoms with van der Waals surface area (Å²) in [7, 11) is 3.13. The fourth-order valence-corrected chi connectivity index (χ4v) is 2.81. The van der Waals surface area contributed by atoms with E-state index in [9.17, 15) is 4.79 Å². The number of methoxy groups -OCH3 is 2. The average Bonchev–Trinajstić information content (AvgIpc) is 2.55. The topological polar surface area (TPSA) is 47.6 Å². The summed E-state index contributed by atoms with van der Waals surface area (Å²) >= 11 is 2.12. The van der Waals surface area contributed by atoms with Crippen molar-refractivity contribution >= 4 is 28.5 Å². The summed E-state index contributed by atoms with van der Waals surface area (Å²) in [5, 5.41) is 3.00. The molecule has 1 amide bonds. The molecule has 0 bridgehead atoms. The molecule has 5 heteroatoms. The molecule has 0 saturated carbocycles. The predicted molar refractivity (Wildman–Crippen MR) is 94.6 cm³/mol. The third-order valence-electron chi connectivity index (χ3n) is 3.37. The summed E-state index contributed by atoms with van der Waals surface area (Å²) in [5.41, 5.74) is 1.63. The molecular formula is C17H18INO3. The van der Waals surface area contributed by atoms with Crippen LogP contribution in [-0.2, 0) is 0 Å². The Morgan fingerprint density at radius 3 is 2.27 bits per heavy atom. The van der Waals surface area contributed by atoms with Gasteiger partial charge in [0.05, 0.1) is 25.8 Å². The van der Waals surface area contributed by atoms with Gasteiger partial charge in [0.2, 0.25) is 0 Å². The zero-order chi connectivity index (χ0) is 16.1. The number of halogens is 1. The Hall–Kier alpha value is -1.76. The van der Waals surface area contributed by atoms with Crippen LogP contribution < -0.4 is 14.8 Å². The summed E-state index contributed by atoms with van der Waals surface area (Å²) in [6, 6.07) is 13.3. The Kier molecular flexibility index (Phi) is 5.65. The van der Waals surface area contributed by atoms with Crippen LogP contribution in [-0.4, -0.2) is 20.1 Å². The van der Waals surface area contributed by atoms with Crippen molar-refractivity contribution in [2.24, 2.45) is 0 Å². The highest BCUT2D eigenvalue weighted by Gasteiger charge is 2.17. The summed E-state index contributed by atoms with van der Waals surface area (Å²) in [6.07, 6.45) is 0. The number of carbonyl (C=O) groups excluding carboxylic acids is 1. The number of nitrogens with one attached hydrogen (secondary N) is 1. The monoisotopic (exact) mass is 411 g/mol. The lowest BCUT2D eigenvalue weighted by Crippen LogP contribution is -2.27. The van der Waals surface area contributed by atoms with Crippen LogP contribution in [0, 0.1) is 3.57 Å². The summed E-state index contributed by atoms with van der Waals surface area (Å²) in [4.78, 5) is 12.5. The molecule has 0 aliphatic carbocycles. The maximum atomic E-state index is 12.5. The Bertz CT molecular complexity index is 658. The standard InChI is InChI=1S/C17H18INO3/c1-11(12-7-5-4-6-8-12)19-17(20)13-9-15(21-2)16(22-3)10-14(13)18/h4-11H,1-3H3,(H,19,20). The van der Waals surface area contributed by atoms with Gasteiger partial charge in [-0.25, -0.2) is 0 Å². The first-order valence-electron chi connectivity index (χ1n) is 6.84. The summed E-state index contributed by atoms with van der Waals surface area (Å²) < 4.78 is 11.3. The van der Waals surface area contributed by atoms with Crippen LogP contribution in [0.5, 0.6) is 11.5 Å². The Labute approximate surface area is 144 Å². The Morgan fingerprint density at radius 1 is 1.09 bits per heavy atom. The van der Waals surface area contributed by atoms with Crippen LogP contribution in [0.4, 0.5) is 0 Å². The van der Waals surface area contributed by atoms with E-state index in [0.29, 0.717) is 17.1 Å². The largest absolute Gasteiger partial charge is 0.493 e. The number of benzene rings is 2. The van der Waals surface area contributed by atoms with Crippen molar-refractivity contribution < 1.29 is 14.3 Å². The fraction of sp³-hybridized carbons (Fsp3) is 0.235. The molecule has 1 N–H and O–H groups in total. The highest BCUT2D eigenvalue weighted by Crippen LogP contribution is 2.31. The first-order chi connectivity index (χ1) is 10.6. The molecule has 0 aliphatic heterocycles. The van der Waals surface area contributed by atoms with Crippen molar-refractivity contribution in [1.29, 1.82) is 0 Å². The van der Waals surface area contributed by atoms with Gasteiger partial charge in [0.1, 0.15) is 0 Å². The van der Waals surface area contributed by atoms with Crippen molar-refractivity contribution in [1.82, 2.24) is 5.32 Å². The van der Waals surface area contributed by atoms with Crippen molar-refractivity contribution in [2.45, 2.75) is 13.0 Å². The van der Waals surface area contributed by atoms with E-state index >= 15 is 0 Å². The van der Waals surface area contributed by atoms with Crippen LogP contribution in [0.3, 0.4) is 0 Å². The lowest BCUT2D eigenvalue weighted by atomic mass is 10.1. The van der Waals surface area contributed by atoms with E-state index in [0.717, 1.165) is 9.13 Å². The fourth-order valence-electron chi connectivity index (χ4n) is 2.13. The summed E-state index contributed by atoms with van der Waals surface area (Å²) in [6.45, 7) is 1.96. The maximum Gasteiger partial charge on any atom is 0.252 e. The molecule has 1 unspecified atom stereocenters. The minimum absolute atomic E-state index is 0.0717. The summed E-state index contributed by atoms with van der Waals surface area (Å²) in [5.74, 6) is 1.02.